The molecule has 0 fully saturated rings. The third kappa shape index (κ3) is 3.20. The van der Waals surface area contributed by atoms with Crippen molar-refractivity contribution in [1.82, 2.24) is 19.9 Å². The van der Waals surface area contributed by atoms with E-state index in [1.807, 2.05) is 19.2 Å². The van der Waals surface area contributed by atoms with E-state index in [2.05, 4.69) is 29.2 Å². The lowest BCUT2D eigenvalue weighted by molar-refractivity contribution is 0.297. The minimum absolute atomic E-state index is 0.518. The lowest BCUT2D eigenvalue weighted by Gasteiger charge is -2.09. The van der Waals surface area contributed by atoms with E-state index in [1.165, 1.54) is 0 Å². The predicted octanol–water partition coefficient (Wildman–Crippen LogP) is 1.80. The van der Waals surface area contributed by atoms with Gasteiger partial charge in [0.05, 0.1) is 12.3 Å². The fraction of sp³-hybridized carbons (Fsp3) is 0.538. The Morgan fingerprint density at radius 1 is 1.44 bits per heavy atom. The molecule has 0 saturated carbocycles. The maximum Gasteiger partial charge on any atom is 0.240 e. The first-order chi connectivity index (χ1) is 8.66. The molecule has 1 N–H and O–H groups in total. The van der Waals surface area contributed by atoms with Gasteiger partial charge in [0.25, 0.3) is 0 Å². The van der Waals surface area contributed by atoms with Gasteiger partial charge in [-0.3, -0.25) is 0 Å². The van der Waals surface area contributed by atoms with E-state index in [4.69, 9.17) is 4.74 Å². The van der Waals surface area contributed by atoms with E-state index in [-0.39, 0.29) is 0 Å². The van der Waals surface area contributed by atoms with Crippen molar-refractivity contribution in [3.05, 3.63) is 24.2 Å². The SMILES string of the molecule is Cc1cc2c(OCCCNC(C)C)nccn2n1. The molecule has 0 amide bonds. The summed E-state index contributed by atoms with van der Waals surface area (Å²) in [7, 11) is 0. The molecular formula is C13H20N4O. The van der Waals surface area contributed by atoms with Gasteiger partial charge in [-0.05, 0) is 26.0 Å². The van der Waals surface area contributed by atoms with Crippen LogP contribution in [0.3, 0.4) is 0 Å². The summed E-state index contributed by atoms with van der Waals surface area (Å²) in [6, 6.07) is 2.50. The van der Waals surface area contributed by atoms with Crippen LogP contribution in [0.25, 0.3) is 5.52 Å². The molecule has 0 aromatic carbocycles. The van der Waals surface area contributed by atoms with Crippen molar-refractivity contribution < 1.29 is 4.74 Å². The zero-order chi connectivity index (χ0) is 13.0. The van der Waals surface area contributed by atoms with Gasteiger partial charge in [-0.25, -0.2) is 9.50 Å². The summed E-state index contributed by atoms with van der Waals surface area (Å²) in [4.78, 5) is 4.25. The number of aromatic nitrogens is 3. The normalized spacial score (nSPS) is 11.3. The molecule has 2 rings (SSSR count). The zero-order valence-corrected chi connectivity index (χ0v) is 11.2. The highest BCUT2D eigenvalue weighted by Gasteiger charge is 2.05. The summed E-state index contributed by atoms with van der Waals surface area (Å²) in [5, 5.41) is 7.68. The number of hydrogen-bond donors (Lipinski definition) is 1. The van der Waals surface area contributed by atoms with Gasteiger partial charge >= 0.3 is 0 Å². The summed E-state index contributed by atoms with van der Waals surface area (Å²) in [6.07, 6.45) is 4.50. The monoisotopic (exact) mass is 248 g/mol. The van der Waals surface area contributed by atoms with Crippen LogP contribution in [0.5, 0.6) is 5.88 Å². The Morgan fingerprint density at radius 3 is 3.06 bits per heavy atom. The highest BCUT2D eigenvalue weighted by Crippen LogP contribution is 2.16. The molecule has 0 saturated heterocycles. The smallest absolute Gasteiger partial charge is 0.240 e. The van der Waals surface area contributed by atoms with Crippen molar-refractivity contribution in [3.8, 4) is 5.88 Å². The molecule has 0 unspecified atom stereocenters. The van der Waals surface area contributed by atoms with Gasteiger partial charge in [0.15, 0.2) is 0 Å². The predicted molar refractivity (Wildman–Crippen MR) is 71.0 cm³/mol. The molecule has 0 aliphatic carbocycles. The minimum atomic E-state index is 0.518. The number of ether oxygens (including phenoxy) is 1. The molecule has 18 heavy (non-hydrogen) atoms. The number of nitrogens with one attached hydrogen (secondary N) is 1. The van der Waals surface area contributed by atoms with Gasteiger partial charge in [-0.2, -0.15) is 5.10 Å². The molecule has 0 spiro atoms. The second kappa shape index (κ2) is 5.82. The summed E-state index contributed by atoms with van der Waals surface area (Å²) in [5.41, 5.74) is 1.89. The maximum absolute atomic E-state index is 5.70. The number of aryl methyl sites for hydroxylation is 1. The Hall–Kier alpha value is -1.62. The van der Waals surface area contributed by atoms with Gasteiger partial charge in [-0.15, -0.1) is 0 Å². The van der Waals surface area contributed by atoms with Crippen LogP contribution in [0.2, 0.25) is 0 Å². The molecule has 2 aromatic rings. The topological polar surface area (TPSA) is 51.5 Å². The summed E-state index contributed by atoms with van der Waals surface area (Å²) >= 11 is 0. The van der Waals surface area contributed by atoms with E-state index >= 15 is 0 Å². The quantitative estimate of drug-likeness (QED) is 0.792. The minimum Gasteiger partial charge on any atom is -0.476 e. The molecule has 2 heterocycles. The average molecular weight is 248 g/mol. The van der Waals surface area contributed by atoms with Gasteiger partial charge in [0.2, 0.25) is 5.88 Å². The third-order valence-electron chi connectivity index (χ3n) is 2.59. The second-order valence-corrected chi connectivity index (χ2v) is 4.66. The van der Waals surface area contributed by atoms with Crippen LogP contribution < -0.4 is 10.1 Å². The summed E-state index contributed by atoms with van der Waals surface area (Å²) in [6.45, 7) is 7.86. The Bertz CT molecular complexity index is 507. The van der Waals surface area contributed by atoms with Crippen LogP contribution in [-0.2, 0) is 0 Å². The standard InChI is InChI=1S/C13H20N4O/c1-10(2)14-5-4-8-18-13-12-9-11(3)16-17(12)7-6-15-13/h6-7,9-10,14H,4-5,8H2,1-3H3. The Labute approximate surface area is 107 Å². The van der Waals surface area contributed by atoms with Crippen LogP contribution in [0.4, 0.5) is 0 Å². The van der Waals surface area contributed by atoms with Crippen molar-refractivity contribution >= 4 is 5.52 Å². The Morgan fingerprint density at radius 2 is 2.28 bits per heavy atom. The van der Waals surface area contributed by atoms with E-state index < -0.39 is 0 Å². The number of nitrogens with zero attached hydrogens (tertiary/aromatic N) is 3. The van der Waals surface area contributed by atoms with Gasteiger partial charge in [0.1, 0.15) is 5.52 Å². The second-order valence-electron chi connectivity index (χ2n) is 4.66. The van der Waals surface area contributed by atoms with Gasteiger partial charge < -0.3 is 10.1 Å². The van der Waals surface area contributed by atoms with Crippen LogP contribution in [0.1, 0.15) is 26.0 Å². The van der Waals surface area contributed by atoms with Gasteiger partial charge in [-0.1, -0.05) is 13.8 Å². The largest absolute Gasteiger partial charge is 0.476 e. The first-order valence-electron chi connectivity index (χ1n) is 6.34. The van der Waals surface area contributed by atoms with Crippen LogP contribution in [0, 0.1) is 6.92 Å². The van der Waals surface area contributed by atoms with E-state index in [0.29, 0.717) is 18.5 Å². The first kappa shape index (κ1) is 12.8. The van der Waals surface area contributed by atoms with Crippen molar-refractivity contribution in [2.24, 2.45) is 0 Å². The van der Waals surface area contributed by atoms with E-state index in [9.17, 15) is 0 Å². The molecule has 5 heteroatoms. The molecule has 0 bridgehead atoms. The van der Waals surface area contributed by atoms with Crippen LogP contribution in [0.15, 0.2) is 18.5 Å². The van der Waals surface area contributed by atoms with Crippen molar-refractivity contribution in [3.63, 3.8) is 0 Å². The average Bonchev–Trinajstić information content (AvgIpc) is 2.69. The first-order valence-corrected chi connectivity index (χ1v) is 6.34. The van der Waals surface area contributed by atoms with Crippen molar-refractivity contribution in [2.75, 3.05) is 13.2 Å². The highest BCUT2D eigenvalue weighted by atomic mass is 16.5. The molecule has 0 aliphatic heterocycles. The number of fused-ring (bicyclic) bond motifs is 1. The molecule has 98 valence electrons. The molecule has 0 atom stereocenters. The maximum atomic E-state index is 5.70. The lowest BCUT2D eigenvalue weighted by Crippen LogP contribution is -2.24. The van der Waals surface area contributed by atoms with E-state index in [1.54, 1.807) is 10.7 Å². The summed E-state index contributed by atoms with van der Waals surface area (Å²) in [5.74, 6) is 0.655. The fourth-order valence-electron chi connectivity index (χ4n) is 1.76. The number of rotatable bonds is 6. The fourth-order valence-corrected chi connectivity index (χ4v) is 1.76. The molecule has 0 aliphatic rings. The lowest BCUT2D eigenvalue weighted by atomic mass is 10.3. The van der Waals surface area contributed by atoms with Crippen molar-refractivity contribution in [1.29, 1.82) is 0 Å². The zero-order valence-electron chi connectivity index (χ0n) is 11.2. The van der Waals surface area contributed by atoms with Crippen LogP contribution >= 0.6 is 0 Å². The Balaban J connectivity index is 1.91. The van der Waals surface area contributed by atoms with Crippen LogP contribution in [-0.4, -0.2) is 33.8 Å². The summed E-state index contributed by atoms with van der Waals surface area (Å²) < 4.78 is 7.50. The molecular weight excluding hydrogens is 228 g/mol. The van der Waals surface area contributed by atoms with Gasteiger partial charge in [0, 0.05) is 18.4 Å². The molecule has 5 nitrogen and oxygen atoms in total. The van der Waals surface area contributed by atoms with Crippen molar-refractivity contribution in [2.45, 2.75) is 33.2 Å². The molecule has 0 radical (unpaired) electrons. The Kier molecular flexibility index (Phi) is 4.15. The third-order valence-corrected chi connectivity index (χ3v) is 2.59. The highest BCUT2D eigenvalue weighted by molar-refractivity contribution is 5.56. The van der Waals surface area contributed by atoms with E-state index in [0.717, 1.165) is 24.2 Å². The number of hydrogen-bond acceptors (Lipinski definition) is 4. The molecule has 2 aromatic heterocycles.